The summed E-state index contributed by atoms with van der Waals surface area (Å²) in [4.78, 5) is 43.0. The zero-order valence-corrected chi connectivity index (χ0v) is 25.6. The summed E-state index contributed by atoms with van der Waals surface area (Å²) in [6, 6.07) is 10.5. The molecule has 1 aromatic heterocycles. The van der Waals surface area contributed by atoms with Gasteiger partial charge in [0.2, 0.25) is 11.7 Å². The van der Waals surface area contributed by atoms with Gasteiger partial charge in [-0.1, -0.05) is 30.8 Å². The van der Waals surface area contributed by atoms with Crippen LogP contribution in [0.1, 0.15) is 59.0 Å². The molecule has 10 nitrogen and oxygen atoms in total. The number of piperazine rings is 1. The second kappa shape index (κ2) is 12.3. The largest absolute Gasteiger partial charge is 0.462 e. The molecule has 43 heavy (non-hydrogen) atoms. The standard InChI is InChI=1S/C32H38N6O4S/c1-4-26(39)38-17-16-37(18-22(38)12-14-33)30-25-11-13-32(29(41-3)24-10-6-5-8-21(24)20-43-32)28(40)27(25)34-31(35-30)42-19-23-9-7-15-36(23)2/h4-6,8,10,22-23,29H,1,7,9,11-13,15-20H2,2-3H3/t22?,23?,29?,32-/m1/s1. The number of fused-ring (bicyclic) bond motifs is 2. The summed E-state index contributed by atoms with van der Waals surface area (Å²) in [5, 5.41) is 9.53. The number of nitriles is 1. The number of rotatable bonds is 7. The van der Waals surface area contributed by atoms with Crippen molar-refractivity contribution in [3.8, 4) is 12.1 Å². The van der Waals surface area contributed by atoms with E-state index in [1.807, 2.05) is 12.1 Å². The second-order valence-corrected chi connectivity index (χ2v) is 13.1. The predicted molar refractivity (Wildman–Crippen MR) is 164 cm³/mol. The number of hydrogen-bond acceptors (Lipinski definition) is 10. The lowest BCUT2D eigenvalue weighted by Crippen LogP contribution is -2.55. The smallest absolute Gasteiger partial charge is 0.319 e. The van der Waals surface area contributed by atoms with E-state index in [9.17, 15) is 14.9 Å². The second-order valence-electron chi connectivity index (χ2n) is 11.8. The molecule has 1 amide bonds. The number of anilines is 1. The molecule has 1 aromatic carbocycles. The fraction of sp³-hybridized carbons (Fsp3) is 0.531. The third kappa shape index (κ3) is 5.30. The van der Waals surface area contributed by atoms with Crippen molar-refractivity contribution in [2.24, 2.45) is 0 Å². The minimum atomic E-state index is -0.802. The van der Waals surface area contributed by atoms with E-state index >= 15 is 0 Å². The summed E-state index contributed by atoms with van der Waals surface area (Å²) < 4.78 is 11.5. The summed E-state index contributed by atoms with van der Waals surface area (Å²) in [5.74, 6) is 1.14. The van der Waals surface area contributed by atoms with Gasteiger partial charge in [-0.15, -0.1) is 11.8 Å². The normalized spacial score (nSPS) is 27.0. The number of nitrogens with zero attached hydrogens (tertiary/aromatic N) is 6. The van der Waals surface area contributed by atoms with Crippen LogP contribution in [0.3, 0.4) is 0 Å². The molecule has 0 N–H and O–H groups in total. The highest BCUT2D eigenvalue weighted by Crippen LogP contribution is 2.54. The molecule has 3 aliphatic heterocycles. The highest BCUT2D eigenvalue weighted by Gasteiger charge is 2.54. The van der Waals surface area contributed by atoms with E-state index in [1.165, 1.54) is 11.6 Å². The fourth-order valence-electron chi connectivity index (χ4n) is 7.08. The first-order chi connectivity index (χ1) is 20.9. The Labute approximate surface area is 257 Å². The number of likely N-dealkylation sites (tertiary alicyclic amines) is 1. The molecule has 226 valence electrons. The number of hydrogen-bond donors (Lipinski definition) is 0. The number of likely N-dealkylation sites (N-methyl/N-ethyl adjacent to an activating group) is 1. The molecule has 2 aromatic rings. The van der Waals surface area contributed by atoms with E-state index < -0.39 is 10.9 Å². The summed E-state index contributed by atoms with van der Waals surface area (Å²) in [5.41, 5.74) is 3.43. The molecule has 11 heteroatoms. The molecular formula is C32H38N6O4S. The highest BCUT2D eigenvalue weighted by molar-refractivity contribution is 8.00. The molecule has 0 radical (unpaired) electrons. The van der Waals surface area contributed by atoms with Crippen LogP contribution in [0.25, 0.3) is 0 Å². The monoisotopic (exact) mass is 602 g/mol. The first-order valence-electron chi connectivity index (χ1n) is 15.0. The number of aromatic nitrogens is 2. The average molecular weight is 603 g/mol. The first-order valence-corrected chi connectivity index (χ1v) is 16.0. The van der Waals surface area contributed by atoms with Gasteiger partial charge in [0.1, 0.15) is 29.0 Å². The lowest BCUT2D eigenvalue weighted by atomic mass is 9.78. The maximum atomic E-state index is 14.6. The Kier molecular flexibility index (Phi) is 8.45. The Hall–Kier alpha value is -3.46. The summed E-state index contributed by atoms with van der Waals surface area (Å²) in [7, 11) is 3.77. The van der Waals surface area contributed by atoms with Crippen molar-refractivity contribution in [2.75, 3.05) is 51.8 Å². The quantitative estimate of drug-likeness (QED) is 0.436. The van der Waals surface area contributed by atoms with Gasteiger partial charge < -0.3 is 24.2 Å². The molecule has 4 atom stereocenters. The van der Waals surface area contributed by atoms with Crippen LogP contribution >= 0.6 is 11.8 Å². The first kappa shape index (κ1) is 29.6. The number of Topliss-reactive ketones (excluding diaryl/α,β-unsaturated/α-hetero) is 1. The van der Waals surface area contributed by atoms with Crippen LogP contribution in [-0.2, 0) is 21.7 Å². The topological polar surface area (TPSA) is 112 Å². The van der Waals surface area contributed by atoms with Gasteiger partial charge in [0.25, 0.3) is 0 Å². The molecule has 3 unspecified atom stereocenters. The van der Waals surface area contributed by atoms with Gasteiger partial charge in [-0.3, -0.25) is 9.59 Å². The molecule has 0 bridgehead atoms. The van der Waals surface area contributed by atoms with E-state index in [0.29, 0.717) is 50.6 Å². The van der Waals surface area contributed by atoms with E-state index in [-0.39, 0.29) is 36.2 Å². The van der Waals surface area contributed by atoms with Crippen LogP contribution in [0.4, 0.5) is 5.82 Å². The number of carbonyl (C=O) groups excluding carboxylic acids is 2. The summed E-state index contributed by atoms with van der Waals surface area (Å²) in [6.45, 7) is 6.46. The van der Waals surface area contributed by atoms with Crippen molar-refractivity contribution >= 4 is 29.3 Å². The van der Waals surface area contributed by atoms with Gasteiger partial charge in [0.15, 0.2) is 0 Å². The zero-order chi connectivity index (χ0) is 30.1. The number of methoxy groups -OCH3 is 1. The van der Waals surface area contributed by atoms with Crippen molar-refractivity contribution in [2.45, 2.75) is 60.8 Å². The van der Waals surface area contributed by atoms with Crippen LogP contribution in [-0.4, -0.2) is 95.2 Å². The molecule has 0 saturated carbocycles. The lowest BCUT2D eigenvalue weighted by molar-refractivity contribution is -0.128. The number of thioether (sulfide) groups is 1. The number of amides is 1. The number of ketones is 1. The Morgan fingerprint density at radius 2 is 2.09 bits per heavy atom. The SMILES string of the molecule is C=CC(=O)N1CCN(c2nc(OCC3CCCN3C)nc3c2CC[C@@]2(SCc4ccccc4C2OC)C3=O)CC1CC#N. The van der Waals surface area contributed by atoms with Gasteiger partial charge in [0.05, 0.1) is 18.5 Å². The number of carbonyl (C=O) groups is 2. The Balaban J connectivity index is 1.38. The molecule has 6 rings (SSSR count). The number of ether oxygens (including phenoxy) is 2. The Bertz CT molecular complexity index is 1460. The molecular weight excluding hydrogens is 564 g/mol. The summed E-state index contributed by atoms with van der Waals surface area (Å²) in [6.07, 6.45) is 4.44. The van der Waals surface area contributed by atoms with Crippen molar-refractivity contribution in [3.05, 3.63) is 59.3 Å². The molecule has 4 heterocycles. The molecule has 2 saturated heterocycles. The third-order valence-electron chi connectivity index (χ3n) is 9.44. The third-order valence-corrected chi connectivity index (χ3v) is 11.0. The van der Waals surface area contributed by atoms with Crippen molar-refractivity contribution < 1.29 is 19.1 Å². The van der Waals surface area contributed by atoms with Gasteiger partial charge in [-0.25, -0.2) is 0 Å². The van der Waals surface area contributed by atoms with Crippen LogP contribution in [0.5, 0.6) is 6.01 Å². The van der Waals surface area contributed by atoms with Crippen molar-refractivity contribution in [3.63, 3.8) is 0 Å². The highest BCUT2D eigenvalue weighted by atomic mass is 32.2. The van der Waals surface area contributed by atoms with Crippen LogP contribution in [0.15, 0.2) is 36.9 Å². The maximum Gasteiger partial charge on any atom is 0.319 e. The summed E-state index contributed by atoms with van der Waals surface area (Å²) >= 11 is 1.64. The van der Waals surface area contributed by atoms with E-state index in [4.69, 9.17) is 19.4 Å². The van der Waals surface area contributed by atoms with E-state index in [1.54, 1.807) is 23.8 Å². The van der Waals surface area contributed by atoms with E-state index in [0.717, 1.165) is 36.3 Å². The van der Waals surface area contributed by atoms with Gasteiger partial charge in [-0.05, 0) is 56.5 Å². The minimum Gasteiger partial charge on any atom is -0.462 e. The van der Waals surface area contributed by atoms with Crippen LogP contribution < -0.4 is 9.64 Å². The maximum absolute atomic E-state index is 14.6. The Morgan fingerprint density at radius 3 is 2.84 bits per heavy atom. The molecule has 2 fully saturated rings. The van der Waals surface area contributed by atoms with Crippen LogP contribution in [0.2, 0.25) is 0 Å². The van der Waals surface area contributed by atoms with Crippen molar-refractivity contribution in [1.82, 2.24) is 19.8 Å². The Morgan fingerprint density at radius 1 is 1.26 bits per heavy atom. The van der Waals surface area contributed by atoms with Gasteiger partial charge >= 0.3 is 6.01 Å². The average Bonchev–Trinajstić information content (AvgIpc) is 3.45. The molecule has 4 aliphatic rings. The van der Waals surface area contributed by atoms with Crippen molar-refractivity contribution in [1.29, 1.82) is 5.26 Å². The lowest BCUT2D eigenvalue weighted by Gasteiger charge is -2.45. The minimum absolute atomic E-state index is 0.0550. The fourth-order valence-corrected chi connectivity index (χ4v) is 8.60. The van der Waals surface area contributed by atoms with Gasteiger partial charge in [0, 0.05) is 44.1 Å². The van der Waals surface area contributed by atoms with Crippen LogP contribution in [0, 0.1) is 11.3 Å². The van der Waals surface area contributed by atoms with E-state index in [2.05, 4.69) is 41.6 Å². The number of benzene rings is 1. The molecule has 1 aliphatic carbocycles. The molecule has 1 spiro atoms. The zero-order valence-electron chi connectivity index (χ0n) is 24.8. The predicted octanol–water partition coefficient (Wildman–Crippen LogP) is 3.57. The van der Waals surface area contributed by atoms with Gasteiger partial charge in [-0.2, -0.15) is 15.2 Å².